The summed E-state index contributed by atoms with van der Waals surface area (Å²) >= 11 is 5.07. The number of carbonyl (C=O) groups excluding carboxylic acids is 2. The summed E-state index contributed by atoms with van der Waals surface area (Å²) in [6.45, 7) is 5.70. The van der Waals surface area contributed by atoms with Crippen LogP contribution in [0.2, 0.25) is 0 Å². The summed E-state index contributed by atoms with van der Waals surface area (Å²) in [5.74, 6) is -1.43. The van der Waals surface area contributed by atoms with Gasteiger partial charge < -0.3 is 0 Å². The van der Waals surface area contributed by atoms with Crippen LogP contribution in [0.3, 0.4) is 0 Å². The molecule has 0 bridgehead atoms. The smallest absolute Gasteiger partial charge is 0.275 e. The Balaban J connectivity index is 2.18. The molecule has 1 aromatic rings. The van der Waals surface area contributed by atoms with Crippen LogP contribution in [0.15, 0.2) is 42.0 Å². The first kappa shape index (κ1) is 14.1. The quantitative estimate of drug-likeness (QED) is 0.365. The van der Waals surface area contributed by atoms with E-state index in [-0.39, 0.29) is 11.7 Å². The number of aryl methyl sites for hydroxylation is 1. The minimum Gasteiger partial charge on any atom is -0.275 e. The fourth-order valence-corrected chi connectivity index (χ4v) is 1.95. The van der Waals surface area contributed by atoms with Crippen molar-refractivity contribution >= 4 is 35.4 Å². The van der Waals surface area contributed by atoms with Crippen LogP contribution in [0.5, 0.6) is 0 Å². The van der Waals surface area contributed by atoms with Crippen molar-refractivity contribution in [2.24, 2.45) is 5.10 Å². The molecule has 0 atom stereocenters. The molecule has 0 aromatic heterocycles. The zero-order valence-corrected chi connectivity index (χ0v) is 11.8. The van der Waals surface area contributed by atoms with Gasteiger partial charge >= 0.3 is 11.8 Å². The van der Waals surface area contributed by atoms with E-state index in [0.29, 0.717) is 0 Å². The van der Waals surface area contributed by atoms with Gasteiger partial charge in [0.1, 0.15) is 0 Å². The summed E-state index contributed by atoms with van der Waals surface area (Å²) in [7, 11) is 0. The SMILES string of the molecule is C=CCN1C(=O)C(=O)N(/N=C/c2ccc(C)cc2)C1=S. The lowest BCUT2D eigenvalue weighted by molar-refractivity contribution is -0.143. The van der Waals surface area contributed by atoms with E-state index in [4.69, 9.17) is 12.2 Å². The summed E-state index contributed by atoms with van der Waals surface area (Å²) in [5, 5.41) is 4.99. The van der Waals surface area contributed by atoms with Crippen molar-refractivity contribution < 1.29 is 9.59 Å². The van der Waals surface area contributed by atoms with Crippen molar-refractivity contribution in [1.29, 1.82) is 0 Å². The van der Waals surface area contributed by atoms with E-state index in [1.807, 2.05) is 31.2 Å². The van der Waals surface area contributed by atoms with Crippen LogP contribution >= 0.6 is 12.2 Å². The lowest BCUT2D eigenvalue weighted by Crippen LogP contribution is -2.31. The third-order valence-electron chi connectivity index (χ3n) is 2.74. The van der Waals surface area contributed by atoms with Crippen LogP contribution in [0.1, 0.15) is 11.1 Å². The largest absolute Gasteiger partial charge is 0.339 e. The highest BCUT2D eigenvalue weighted by Crippen LogP contribution is 2.13. The number of amides is 2. The van der Waals surface area contributed by atoms with Gasteiger partial charge in [0.2, 0.25) is 5.11 Å². The van der Waals surface area contributed by atoms with Gasteiger partial charge in [-0.05, 0) is 24.7 Å². The predicted molar refractivity (Wildman–Crippen MR) is 80.1 cm³/mol. The molecule has 5 nitrogen and oxygen atoms in total. The van der Waals surface area contributed by atoms with Crippen molar-refractivity contribution in [2.75, 3.05) is 6.54 Å². The fourth-order valence-electron chi connectivity index (χ4n) is 1.66. The second kappa shape index (κ2) is 5.75. The third-order valence-corrected chi connectivity index (χ3v) is 3.14. The van der Waals surface area contributed by atoms with Gasteiger partial charge in [-0.1, -0.05) is 35.9 Å². The minimum atomic E-state index is -0.750. The molecular weight excluding hydrogens is 274 g/mol. The maximum atomic E-state index is 11.8. The molecule has 0 aliphatic carbocycles. The van der Waals surface area contributed by atoms with Gasteiger partial charge in [0.05, 0.1) is 6.21 Å². The lowest BCUT2D eigenvalue weighted by Gasteiger charge is -2.12. The zero-order valence-electron chi connectivity index (χ0n) is 10.9. The van der Waals surface area contributed by atoms with Crippen molar-refractivity contribution in [1.82, 2.24) is 9.91 Å². The molecule has 1 saturated heterocycles. The van der Waals surface area contributed by atoms with Gasteiger partial charge in [0.25, 0.3) is 0 Å². The molecule has 1 aliphatic heterocycles. The van der Waals surface area contributed by atoms with E-state index in [9.17, 15) is 9.59 Å². The number of rotatable bonds is 4. The molecule has 2 amide bonds. The van der Waals surface area contributed by atoms with Crippen molar-refractivity contribution in [3.63, 3.8) is 0 Å². The molecule has 0 saturated carbocycles. The average Bonchev–Trinajstić information content (AvgIpc) is 2.63. The van der Waals surface area contributed by atoms with E-state index in [1.54, 1.807) is 0 Å². The molecular formula is C14H13N3O2S. The maximum absolute atomic E-state index is 11.8. The van der Waals surface area contributed by atoms with Gasteiger partial charge in [-0.2, -0.15) is 10.1 Å². The second-order valence-corrected chi connectivity index (χ2v) is 4.62. The first-order valence-electron chi connectivity index (χ1n) is 5.96. The molecule has 20 heavy (non-hydrogen) atoms. The normalized spacial score (nSPS) is 15.6. The molecule has 2 rings (SSSR count). The molecule has 1 aliphatic rings. The molecule has 1 aromatic carbocycles. The molecule has 0 spiro atoms. The Morgan fingerprint density at radius 3 is 2.50 bits per heavy atom. The van der Waals surface area contributed by atoms with E-state index < -0.39 is 11.8 Å². The average molecular weight is 287 g/mol. The Morgan fingerprint density at radius 1 is 1.25 bits per heavy atom. The Kier molecular flexibility index (Phi) is 4.05. The number of hydrogen-bond acceptors (Lipinski definition) is 4. The second-order valence-electron chi connectivity index (χ2n) is 4.26. The first-order chi connectivity index (χ1) is 9.54. The number of carbonyl (C=O) groups is 2. The monoisotopic (exact) mass is 287 g/mol. The Bertz CT molecular complexity index is 607. The summed E-state index contributed by atoms with van der Waals surface area (Å²) in [5.41, 5.74) is 1.95. The zero-order chi connectivity index (χ0) is 14.7. The molecule has 6 heteroatoms. The number of benzene rings is 1. The first-order valence-corrected chi connectivity index (χ1v) is 6.37. The maximum Gasteiger partial charge on any atom is 0.339 e. The van der Waals surface area contributed by atoms with E-state index in [1.165, 1.54) is 12.3 Å². The molecule has 102 valence electrons. The highest BCUT2D eigenvalue weighted by Gasteiger charge is 2.41. The summed E-state index contributed by atoms with van der Waals surface area (Å²) in [4.78, 5) is 24.6. The van der Waals surface area contributed by atoms with Gasteiger partial charge in [0, 0.05) is 6.54 Å². The van der Waals surface area contributed by atoms with Crippen molar-refractivity contribution in [3.05, 3.63) is 48.0 Å². The number of hydrazone groups is 1. The summed E-state index contributed by atoms with van der Waals surface area (Å²) in [6, 6.07) is 7.60. The highest BCUT2D eigenvalue weighted by molar-refractivity contribution is 7.80. The van der Waals surface area contributed by atoms with Crippen LogP contribution < -0.4 is 0 Å². The number of hydrogen-bond donors (Lipinski definition) is 0. The van der Waals surface area contributed by atoms with E-state index in [0.717, 1.165) is 21.0 Å². The predicted octanol–water partition coefficient (Wildman–Crippen LogP) is 1.47. The van der Waals surface area contributed by atoms with Crippen molar-refractivity contribution in [2.45, 2.75) is 6.92 Å². The summed E-state index contributed by atoms with van der Waals surface area (Å²) in [6.07, 6.45) is 3.00. The third kappa shape index (κ3) is 2.65. The molecule has 0 radical (unpaired) electrons. The fraction of sp³-hybridized carbons (Fsp3) is 0.143. The van der Waals surface area contributed by atoms with Crippen LogP contribution in [0, 0.1) is 6.92 Å². The highest BCUT2D eigenvalue weighted by atomic mass is 32.1. The minimum absolute atomic E-state index is 0.0725. The van der Waals surface area contributed by atoms with Crippen LogP contribution in [-0.4, -0.2) is 39.6 Å². The van der Waals surface area contributed by atoms with Gasteiger partial charge in [-0.3, -0.25) is 14.5 Å². The summed E-state index contributed by atoms with van der Waals surface area (Å²) < 4.78 is 0. The Labute approximate surface area is 122 Å². The topological polar surface area (TPSA) is 53.0 Å². The molecule has 1 fully saturated rings. The molecule has 0 N–H and O–H groups in total. The van der Waals surface area contributed by atoms with Crippen LogP contribution in [0.25, 0.3) is 0 Å². The van der Waals surface area contributed by atoms with Gasteiger partial charge in [-0.15, -0.1) is 6.58 Å². The van der Waals surface area contributed by atoms with E-state index >= 15 is 0 Å². The Morgan fingerprint density at radius 2 is 1.90 bits per heavy atom. The lowest BCUT2D eigenvalue weighted by atomic mass is 10.2. The van der Waals surface area contributed by atoms with Crippen LogP contribution in [-0.2, 0) is 9.59 Å². The number of thiocarbonyl (C=S) groups is 1. The standard InChI is InChI=1S/C14H13N3O2S/c1-3-8-16-12(18)13(19)17(14(16)20)15-9-11-6-4-10(2)5-7-11/h3-7,9H,1,8H2,2H3/b15-9+. The molecule has 0 unspecified atom stereocenters. The molecule has 1 heterocycles. The van der Waals surface area contributed by atoms with Crippen molar-refractivity contribution in [3.8, 4) is 0 Å². The van der Waals surface area contributed by atoms with Gasteiger partial charge in [-0.25, -0.2) is 0 Å². The van der Waals surface area contributed by atoms with Crippen LogP contribution in [0.4, 0.5) is 0 Å². The Hall–Kier alpha value is -2.34. The number of nitrogens with zero attached hydrogens (tertiary/aromatic N) is 3. The van der Waals surface area contributed by atoms with E-state index in [2.05, 4.69) is 11.7 Å². The van der Waals surface area contributed by atoms with Gasteiger partial charge in [0.15, 0.2) is 0 Å².